The van der Waals surface area contributed by atoms with Gasteiger partial charge in [0.25, 0.3) is 0 Å². The average Bonchev–Trinajstić information content (AvgIpc) is 2.64. The van der Waals surface area contributed by atoms with E-state index >= 15 is 0 Å². The molecule has 13 nitrogen and oxygen atoms in total. The second-order valence-corrected chi connectivity index (χ2v) is 8.30. The Kier molecular flexibility index (Phi) is 11.7. The molecule has 6 atom stereocenters. The number of aliphatic hydroxyl groups excluding tert-OH is 3. The van der Waals surface area contributed by atoms with Crippen LogP contribution in [0.4, 0.5) is 0 Å². The molecule has 1 aliphatic heterocycles. The number of carboxylic acid groups (broad SMARTS) is 1. The number of rotatable bonds is 7. The van der Waals surface area contributed by atoms with Gasteiger partial charge in [-0.15, -0.1) is 0 Å². The molecule has 1 fully saturated rings. The van der Waals surface area contributed by atoms with Crippen LogP contribution >= 0.6 is 0 Å². The molecule has 1 rings (SSSR count). The molecule has 178 valence electrons. The van der Waals surface area contributed by atoms with E-state index in [-0.39, 0.29) is 29.6 Å². The van der Waals surface area contributed by atoms with E-state index in [0.29, 0.717) is 0 Å². The van der Waals surface area contributed by atoms with E-state index in [1.165, 1.54) is 0 Å². The first-order chi connectivity index (χ1) is 14.1. The molecule has 32 heavy (non-hydrogen) atoms. The average molecular weight is 471 g/mol. The number of aliphatic carboxylic acids is 1. The quantitative estimate of drug-likeness (QED) is 0.153. The van der Waals surface area contributed by atoms with Gasteiger partial charge in [0, 0.05) is 32.5 Å². The van der Waals surface area contributed by atoms with Crippen molar-refractivity contribution in [3.63, 3.8) is 0 Å². The minimum Gasteiger partial charge on any atom is -0.544 e. The molecule has 0 bridgehead atoms. The molecule has 0 aromatic heterocycles. The van der Waals surface area contributed by atoms with Crippen molar-refractivity contribution in [2.24, 2.45) is 0 Å². The van der Waals surface area contributed by atoms with Crippen LogP contribution in [0.25, 0.3) is 0 Å². The molecule has 1 saturated heterocycles. The van der Waals surface area contributed by atoms with Crippen molar-refractivity contribution in [2.45, 2.75) is 75.9 Å². The number of hydrogen-bond acceptors (Lipinski definition) is 10. The molecule has 0 spiro atoms. The van der Waals surface area contributed by atoms with E-state index < -0.39 is 78.4 Å². The van der Waals surface area contributed by atoms with Gasteiger partial charge in [-0.25, -0.2) is 0 Å². The predicted molar refractivity (Wildman–Crippen MR) is 101 cm³/mol. The smallest absolute Gasteiger partial charge is 0.544 e. The molecule has 0 radical (unpaired) electrons. The SMILES string of the molecule is CO[C@]1(C(=O)[O-])C[C@H](O)[C@@H](NC(C)=O)[C@H]([C@H](O)[C@H](O)CNC(=O)C(=O)NC(C)(C)C)O1.[Na+]. The van der Waals surface area contributed by atoms with Crippen molar-refractivity contribution in [1.29, 1.82) is 0 Å². The standard InChI is InChI=1S/C18H31N3O10.Na/c1-8(22)20-11-9(23)6-18(30-5,16(28)29)31-13(11)12(25)10(24)7-19-14(26)15(27)21-17(2,3)4;/h9-13,23-25H,6-7H2,1-5H3,(H,19,26)(H,20,22)(H,21,27)(H,28,29);/q;+1/p-1/t9-,10+,11+,12+,13+,18+;/m0./s1. The van der Waals surface area contributed by atoms with Gasteiger partial charge >= 0.3 is 41.4 Å². The van der Waals surface area contributed by atoms with Gasteiger partial charge in [-0.05, 0) is 20.8 Å². The fourth-order valence-electron chi connectivity index (χ4n) is 3.02. The first-order valence-electron chi connectivity index (χ1n) is 9.49. The largest absolute Gasteiger partial charge is 1.00 e. The van der Waals surface area contributed by atoms with Crippen LogP contribution in [0, 0.1) is 0 Å². The fraction of sp³-hybridized carbons (Fsp3) is 0.778. The molecule has 0 unspecified atom stereocenters. The van der Waals surface area contributed by atoms with Gasteiger partial charge in [-0.2, -0.15) is 0 Å². The Morgan fingerprint density at radius 3 is 2.22 bits per heavy atom. The number of hydrogen-bond donors (Lipinski definition) is 6. The number of nitrogens with one attached hydrogen (secondary N) is 3. The Bertz CT molecular complexity index is 701. The Morgan fingerprint density at radius 2 is 1.78 bits per heavy atom. The van der Waals surface area contributed by atoms with Gasteiger partial charge in [0.1, 0.15) is 18.2 Å². The first-order valence-corrected chi connectivity index (χ1v) is 9.49. The fourth-order valence-corrected chi connectivity index (χ4v) is 3.02. The van der Waals surface area contributed by atoms with Crippen LogP contribution in [-0.2, 0) is 28.7 Å². The van der Waals surface area contributed by atoms with Crippen molar-refractivity contribution >= 4 is 23.7 Å². The summed E-state index contributed by atoms with van der Waals surface area (Å²) < 4.78 is 10.1. The zero-order valence-corrected chi connectivity index (χ0v) is 21.0. The third-order valence-corrected chi connectivity index (χ3v) is 4.48. The number of methoxy groups -OCH3 is 1. The predicted octanol–water partition coefficient (Wildman–Crippen LogP) is -7.51. The zero-order valence-electron chi connectivity index (χ0n) is 19.0. The van der Waals surface area contributed by atoms with E-state index in [1.54, 1.807) is 20.8 Å². The number of amides is 3. The Morgan fingerprint density at radius 1 is 1.22 bits per heavy atom. The minimum atomic E-state index is -2.45. The maximum Gasteiger partial charge on any atom is 1.00 e. The summed E-state index contributed by atoms with van der Waals surface area (Å²) in [5, 5.41) is 49.5. The molecule has 14 heteroatoms. The van der Waals surface area contributed by atoms with Crippen LogP contribution in [0.2, 0.25) is 0 Å². The third kappa shape index (κ3) is 8.23. The molecule has 0 aliphatic carbocycles. The zero-order chi connectivity index (χ0) is 24.1. The van der Waals surface area contributed by atoms with E-state index in [2.05, 4.69) is 16.0 Å². The molecule has 0 saturated carbocycles. The van der Waals surface area contributed by atoms with Crippen molar-refractivity contribution in [3.8, 4) is 0 Å². The molecule has 3 amide bonds. The van der Waals surface area contributed by atoms with Crippen LogP contribution in [0.15, 0.2) is 0 Å². The summed E-state index contributed by atoms with van der Waals surface area (Å²) in [6, 6.07) is -1.32. The number of aliphatic hydroxyl groups is 3. The number of carbonyl (C=O) groups is 4. The summed E-state index contributed by atoms with van der Waals surface area (Å²) in [7, 11) is 0.981. The summed E-state index contributed by atoms with van der Waals surface area (Å²) in [5.74, 6) is -6.95. The molecular weight excluding hydrogens is 441 g/mol. The monoisotopic (exact) mass is 471 g/mol. The normalized spacial score (nSPS) is 27.3. The molecular formula is C18H30N3NaO10. The first kappa shape index (κ1) is 30.7. The number of carbonyl (C=O) groups excluding carboxylic acids is 4. The second-order valence-electron chi connectivity index (χ2n) is 8.30. The maximum atomic E-state index is 11.9. The van der Waals surface area contributed by atoms with Crippen molar-refractivity contribution in [3.05, 3.63) is 0 Å². The van der Waals surface area contributed by atoms with Crippen LogP contribution in [0.5, 0.6) is 0 Å². The molecule has 0 aromatic rings. The van der Waals surface area contributed by atoms with Crippen LogP contribution < -0.4 is 50.6 Å². The third-order valence-electron chi connectivity index (χ3n) is 4.48. The second kappa shape index (κ2) is 12.2. The molecule has 6 N–H and O–H groups in total. The summed E-state index contributed by atoms with van der Waals surface area (Å²) in [5.41, 5.74) is -0.682. The van der Waals surface area contributed by atoms with Gasteiger partial charge in [0.2, 0.25) is 11.7 Å². The van der Waals surface area contributed by atoms with Crippen LogP contribution in [0.1, 0.15) is 34.1 Å². The topological polar surface area (TPSA) is 207 Å². The Hall–Kier alpha value is -1.32. The van der Waals surface area contributed by atoms with Crippen molar-refractivity contribution < 1.29 is 78.6 Å². The van der Waals surface area contributed by atoms with Crippen molar-refractivity contribution in [2.75, 3.05) is 13.7 Å². The van der Waals surface area contributed by atoms with Crippen LogP contribution in [0.3, 0.4) is 0 Å². The summed E-state index contributed by atoms with van der Waals surface area (Å²) in [6.45, 7) is 5.47. The number of carboxylic acids is 1. The van der Waals surface area contributed by atoms with Gasteiger partial charge in [0.15, 0.2) is 0 Å². The van der Waals surface area contributed by atoms with Crippen molar-refractivity contribution in [1.82, 2.24) is 16.0 Å². The molecule has 1 heterocycles. The Balaban J connectivity index is 0.00000961. The van der Waals surface area contributed by atoms with Gasteiger partial charge in [-0.3, -0.25) is 14.4 Å². The molecule has 0 aromatic carbocycles. The number of ether oxygens (including phenoxy) is 2. The van der Waals surface area contributed by atoms with Gasteiger partial charge in [-0.1, -0.05) is 0 Å². The van der Waals surface area contributed by atoms with E-state index in [4.69, 9.17) is 9.47 Å². The summed E-state index contributed by atoms with van der Waals surface area (Å²) in [4.78, 5) is 46.7. The van der Waals surface area contributed by atoms with E-state index in [9.17, 15) is 39.6 Å². The van der Waals surface area contributed by atoms with Gasteiger partial charge < -0.3 is 50.6 Å². The Labute approximate surface area is 207 Å². The van der Waals surface area contributed by atoms with Gasteiger partial charge in [0.05, 0.1) is 18.2 Å². The van der Waals surface area contributed by atoms with E-state index in [0.717, 1.165) is 14.0 Å². The van der Waals surface area contributed by atoms with Crippen LogP contribution in [-0.4, -0.2) is 94.4 Å². The maximum absolute atomic E-state index is 11.9. The molecule has 1 aliphatic rings. The minimum absolute atomic E-state index is 0. The summed E-state index contributed by atoms with van der Waals surface area (Å²) in [6.07, 6.45) is -7.52. The summed E-state index contributed by atoms with van der Waals surface area (Å²) >= 11 is 0. The van der Waals surface area contributed by atoms with E-state index in [1.807, 2.05) is 0 Å².